The standard InChI is InChI=1S/C33H33FN2O5/c1-21(25-13-14-29-30(19-25)40-16-15-39-29)35-32(37)24-11-9-22(10-12-24)18-31-33(38)36(20-23-5-4-6-26(34)17-23)27-7-2-3-8-28(27)41-31/h4-6,9-14,17-19,21,27-28H,2-3,7-8,15-16,20H2,1H3,(H,35,37)/b31-18-. The monoisotopic (exact) mass is 556 g/mol. The highest BCUT2D eigenvalue weighted by Crippen LogP contribution is 2.35. The first kappa shape index (κ1) is 26.9. The van der Waals surface area contributed by atoms with Crippen molar-refractivity contribution in [1.29, 1.82) is 0 Å². The van der Waals surface area contributed by atoms with E-state index in [2.05, 4.69) is 5.32 Å². The minimum absolute atomic E-state index is 0.0288. The fourth-order valence-electron chi connectivity index (χ4n) is 5.77. The Hall–Kier alpha value is -4.33. The minimum Gasteiger partial charge on any atom is -0.486 e. The molecule has 2 heterocycles. The molecule has 1 aliphatic carbocycles. The molecule has 3 aromatic rings. The molecule has 2 amide bonds. The number of hydrogen-bond donors (Lipinski definition) is 1. The first-order chi connectivity index (χ1) is 19.9. The van der Waals surface area contributed by atoms with Crippen molar-refractivity contribution < 1.29 is 28.2 Å². The van der Waals surface area contributed by atoms with Crippen LogP contribution in [0.25, 0.3) is 6.08 Å². The lowest BCUT2D eigenvalue weighted by Crippen LogP contribution is -2.54. The van der Waals surface area contributed by atoms with Gasteiger partial charge in [0, 0.05) is 12.1 Å². The summed E-state index contributed by atoms with van der Waals surface area (Å²) >= 11 is 0. The second-order valence-electron chi connectivity index (χ2n) is 10.8. The Bertz CT molecular complexity index is 1470. The summed E-state index contributed by atoms with van der Waals surface area (Å²) in [7, 11) is 0. The molecule has 2 aliphatic heterocycles. The summed E-state index contributed by atoms with van der Waals surface area (Å²) in [5, 5.41) is 3.03. The van der Waals surface area contributed by atoms with E-state index in [0.29, 0.717) is 36.8 Å². The minimum atomic E-state index is -0.316. The molecule has 2 fully saturated rings. The van der Waals surface area contributed by atoms with Gasteiger partial charge in [0.2, 0.25) is 0 Å². The molecule has 1 N–H and O–H groups in total. The summed E-state index contributed by atoms with van der Waals surface area (Å²) in [5.74, 6) is 0.939. The summed E-state index contributed by atoms with van der Waals surface area (Å²) in [6, 6.07) is 18.9. The van der Waals surface area contributed by atoms with Crippen LogP contribution in [0.15, 0.2) is 72.5 Å². The van der Waals surface area contributed by atoms with E-state index in [4.69, 9.17) is 14.2 Å². The number of amides is 2. The summed E-state index contributed by atoms with van der Waals surface area (Å²) in [6.07, 6.45) is 5.46. The van der Waals surface area contributed by atoms with Crippen molar-refractivity contribution in [1.82, 2.24) is 10.2 Å². The summed E-state index contributed by atoms with van der Waals surface area (Å²) in [4.78, 5) is 28.4. The van der Waals surface area contributed by atoms with Crippen LogP contribution in [-0.2, 0) is 16.1 Å². The van der Waals surface area contributed by atoms with Crippen LogP contribution in [0.1, 0.15) is 65.7 Å². The van der Waals surface area contributed by atoms with Crippen LogP contribution >= 0.6 is 0 Å². The maximum Gasteiger partial charge on any atom is 0.289 e. The molecule has 0 aromatic heterocycles. The number of rotatable bonds is 6. The van der Waals surface area contributed by atoms with E-state index in [1.807, 2.05) is 36.1 Å². The molecule has 6 rings (SSSR count). The van der Waals surface area contributed by atoms with Gasteiger partial charge < -0.3 is 24.4 Å². The Labute approximate surface area is 238 Å². The number of hydrogen-bond acceptors (Lipinski definition) is 5. The van der Waals surface area contributed by atoms with Gasteiger partial charge in [-0.05, 0) is 85.4 Å². The van der Waals surface area contributed by atoms with E-state index in [-0.39, 0.29) is 41.6 Å². The number of morpholine rings is 1. The molecule has 0 bridgehead atoms. The molecule has 0 radical (unpaired) electrons. The predicted molar refractivity (Wildman–Crippen MR) is 152 cm³/mol. The van der Waals surface area contributed by atoms with Gasteiger partial charge in [0.25, 0.3) is 11.8 Å². The van der Waals surface area contributed by atoms with Crippen molar-refractivity contribution in [2.24, 2.45) is 0 Å². The number of nitrogens with zero attached hydrogens (tertiary/aromatic N) is 1. The van der Waals surface area contributed by atoms with Crippen LogP contribution in [0.4, 0.5) is 4.39 Å². The molecular weight excluding hydrogens is 523 g/mol. The van der Waals surface area contributed by atoms with Crippen molar-refractivity contribution in [3.8, 4) is 11.5 Å². The number of carbonyl (C=O) groups is 2. The van der Waals surface area contributed by atoms with Crippen LogP contribution < -0.4 is 14.8 Å². The highest BCUT2D eigenvalue weighted by atomic mass is 19.1. The third-order valence-corrected chi connectivity index (χ3v) is 7.94. The SMILES string of the molecule is CC(NC(=O)c1ccc(/C=C2\OC3CCCCC3N(Cc3cccc(F)c3)C2=O)cc1)c1ccc2c(c1)OCCO2. The third-order valence-electron chi connectivity index (χ3n) is 7.94. The van der Waals surface area contributed by atoms with Crippen molar-refractivity contribution in [3.63, 3.8) is 0 Å². The van der Waals surface area contributed by atoms with E-state index in [1.165, 1.54) is 12.1 Å². The van der Waals surface area contributed by atoms with E-state index >= 15 is 0 Å². The van der Waals surface area contributed by atoms with E-state index in [0.717, 1.165) is 42.4 Å². The van der Waals surface area contributed by atoms with Crippen LogP contribution in [-0.4, -0.2) is 42.1 Å². The van der Waals surface area contributed by atoms with Crippen LogP contribution in [0.5, 0.6) is 11.5 Å². The van der Waals surface area contributed by atoms with Gasteiger partial charge in [-0.3, -0.25) is 9.59 Å². The zero-order chi connectivity index (χ0) is 28.3. The van der Waals surface area contributed by atoms with E-state index in [9.17, 15) is 14.0 Å². The second kappa shape index (κ2) is 11.6. The van der Waals surface area contributed by atoms with Gasteiger partial charge in [0.15, 0.2) is 17.3 Å². The normalized spacial score (nSPS) is 21.6. The molecule has 1 saturated carbocycles. The fraction of sp³-hybridized carbons (Fsp3) is 0.333. The van der Waals surface area contributed by atoms with Gasteiger partial charge in [-0.1, -0.05) is 36.8 Å². The van der Waals surface area contributed by atoms with Gasteiger partial charge in [-0.2, -0.15) is 0 Å². The molecule has 7 nitrogen and oxygen atoms in total. The first-order valence-electron chi connectivity index (χ1n) is 14.2. The average molecular weight is 557 g/mol. The van der Waals surface area contributed by atoms with E-state index < -0.39 is 0 Å². The Morgan fingerprint density at radius 3 is 2.61 bits per heavy atom. The molecule has 3 aliphatic rings. The summed E-state index contributed by atoms with van der Waals surface area (Å²) in [6.45, 7) is 3.28. The topological polar surface area (TPSA) is 77.1 Å². The highest BCUT2D eigenvalue weighted by molar-refractivity contribution is 5.97. The predicted octanol–water partition coefficient (Wildman–Crippen LogP) is 5.80. The molecule has 212 valence electrons. The molecule has 3 unspecified atom stereocenters. The molecule has 41 heavy (non-hydrogen) atoms. The number of fused-ring (bicyclic) bond motifs is 2. The molecule has 8 heteroatoms. The van der Waals surface area contributed by atoms with Gasteiger partial charge in [0.1, 0.15) is 25.1 Å². The van der Waals surface area contributed by atoms with Gasteiger partial charge in [-0.25, -0.2) is 4.39 Å². The van der Waals surface area contributed by atoms with Gasteiger partial charge in [-0.15, -0.1) is 0 Å². The largest absolute Gasteiger partial charge is 0.486 e. The summed E-state index contributed by atoms with van der Waals surface area (Å²) in [5.41, 5.74) is 2.93. The highest BCUT2D eigenvalue weighted by Gasteiger charge is 2.41. The van der Waals surface area contributed by atoms with Crippen LogP contribution in [0.3, 0.4) is 0 Å². The van der Waals surface area contributed by atoms with Crippen molar-refractivity contribution >= 4 is 17.9 Å². The Balaban J connectivity index is 1.15. The molecule has 3 aromatic carbocycles. The zero-order valence-electron chi connectivity index (χ0n) is 23.0. The number of benzene rings is 3. The molecular formula is C33H33FN2O5. The lowest BCUT2D eigenvalue weighted by molar-refractivity contribution is -0.149. The molecule has 3 atom stereocenters. The Kier molecular flexibility index (Phi) is 7.63. The van der Waals surface area contributed by atoms with Crippen LogP contribution in [0, 0.1) is 5.82 Å². The zero-order valence-corrected chi connectivity index (χ0v) is 23.0. The molecule has 1 saturated heterocycles. The fourth-order valence-corrected chi connectivity index (χ4v) is 5.77. The molecule has 0 spiro atoms. The number of nitrogens with one attached hydrogen (secondary N) is 1. The van der Waals surface area contributed by atoms with Gasteiger partial charge >= 0.3 is 0 Å². The number of carbonyl (C=O) groups excluding carboxylic acids is 2. The Morgan fingerprint density at radius 1 is 1.02 bits per heavy atom. The number of halogens is 1. The summed E-state index contributed by atoms with van der Waals surface area (Å²) < 4.78 is 31.3. The number of ether oxygens (including phenoxy) is 3. The second-order valence-corrected chi connectivity index (χ2v) is 10.8. The lowest BCUT2D eigenvalue weighted by Gasteiger charge is -2.44. The Morgan fingerprint density at radius 2 is 1.80 bits per heavy atom. The maximum absolute atomic E-state index is 13.8. The smallest absolute Gasteiger partial charge is 0.289 e. The third kappa shape index (κ3) is 5.92. The van der Waals surface area contributed by atoms with Crippen molar-refractivity contribution in [2.75, 3.05) is 13.2 Å². The maximum atomic E-state index is 13.8. The average Bonchev–Trinajstić information content (AvgIpc) is 2.99. The van der Waals surface area contributed by atoms with Crippen molar-refractivity contribution in [2.45, 2.75) is 57.3 Å². The van der Waals surface area contributed by atoms with Crippen LogP contribution in [0.2, 0.25) is 0 Å². The quantitative estimate of drug-likeness (QED) is 0.389. The van der Waals surface area contributed by atoms with E-state index in [1.54, 1.807) is 36.4 Å². The van der Waals surface area contributed by atoms with Crippen molar-refractivity contribution in [3.05, 3.63) is 101 Å². The first-order valence-corrected chi connectivity index (χ1v) is 14.2. The lowest BCUT2D eigenvalue weighted by atomic mass is 9.89. The van der Waals surface area contributed by atoms with Gasteiger partial charge in [0.05, 0.1) is 12.1 Å².